The highest BCUT2D eigenvalue weighted by Crippen LogP contribution is 2.46. The lowest BCUT2D eigenvalue weighted by atomic mass is 9.92. The van der Waals surface area contributed by atoms with Crippen molar-refractivity contribution in [2.24, 2.45) is 0 Å². The van der Waals surface area contributed by atoms with Crippen molar-refractivity contribution in [2.75, 3.05) is 37.7 Å². The number of pyridine rings is 1. The summed E-state index contributed by atoms with van der Waals surface area (Å²) in [6.45, 7) is 6.64. The van der Waals surface area contributed by atoms with E-state index < -0.39 is 17.6 Å². The second kappa shape index (κ2) is 10.9. The van der Waals surface area contributed by atoms with Crippen LogP contribution in [0.1, 0.15) is 37.7 Å². The van der Waals surface area contributed by atoms with Crippen molar-refractivity contribution in [1.82, 2.24) is 14.8 Å². The van der Waals surface area contributed by atoms with Crippen LogP contribution in [0.2, 0.25) is 5.02 Å². The number of benzene rings is 3. The zero-order valence-electron chi connectivity index (χ0n) is 25.2. The van der Waals surface area contributed by atoms with Crippen LogP contribution in [0.3, 0.4) is 0 Å². The maximum absolute atomic E-state index is 14.6. The molecular formula is C36H32ClF2N5O2. The fourth-order valence-corrected chi connectivity index (χ4v) is 8.67. The summed E-state index contributed by atoms with van der Waals surface area (Å²) in [6.07, 6.45) is 5.00. The number of likely N-dealkylation sites (tertiary alicyclic amines) is 1. The summed E-state index contributed by atoms with van der Waals surface area (Å²) in [5.41, 5.74) is 3.22. The summed E-state index contributed by atoms with van der Waals surface area (Å²) in [4.78, 5) is 23.6. The lowest BCUT2D eigenvalue weighted by molar-refractivity contribution is -0.130. The van der Waals surface area contributed by atoms with E-state index in [4.69, 9.17) is 21.3 Å². The van der Waals surface area contributed by atoms with Crippen LogP contribution in [0.15, 0.2) is 60.9 Å². The number of hydrogen-bond donors (Lipinski definition) is 0. The van der Waals surface area contributed by atoms with Gasteiger partial charge in [-0.15, -0.1) is 0 Å². The molecule has 3 aromatic carbocycles. The van der Waals surface area contributed by atoms with Gasteiger partial charge in [-0.05, 0) is 73.8 Å². The first-order valence-corrected chi connectivity index (χ1v) is 16.2. The summed E-state index contributed by atoms with van der Waals surface area (Å²) >= 11 is 6.50. The van der Waals surface area contributed by atoms with Gasteiger partial charge in [-0.25, -0.2) is 13.8 Å². The fraction of sp³-hybridized carbons (Fsp3) is 0.361. The number of halogens is 3. The smallest absolute Gasteiger partial charge is 0.282 e. The van der Waals surface area contributed by atoms with Gasteiger partial charge in [0.1, 0.15) is 24.1 Å². The Kier molecular flexibility index (Phi) is 6.93. The van der Waals surface area contributed by atoms with Crippen LogP contribution in [0.4, 0.5) is 14.5 Å². The van der Waals surface area contributed by atoms with E-state index in [0.717, 1.165) is 60.7 Å². The highest BCUT2D eigenvalue weighted by atomic mass is 35.5. The van der Waals surface area contributed by atoms with Gasteiger partial charge >= 0.3 is 0 Å². The quantitative estimate of drug-likeness (QED) is 0.212. The summed E-state index contributed by atoms with van der Waals surface area (Å²) < 4.78 is 34.9. The standard InChI is InChI=1S/C36H32ClF2N5O2/c1-21(38)35(45)43-16-11-29-30(43)19-44(29)33-25-9-7-23(24-6-2-5-22-8-10-27(39)32(37)31(22)24)17-28(25)41-34(26(33)18-40)46-20-36-12-3-14-42(36)15-4-13-36/h2,5-10,17,29-30H,1,3-4,11-16,19-20H2. The first-order chi connectivity index (χ1) is 22.3. The van der Waals surface area contributed by atoms with E-state index in [9.17, 15) is 18.8 Å². The lowest BCUT2D eigenvalue weighted by Crippen LogP contribution is -2.63. The molecule has 4 aliphatic heterocycles. The average molecular weight is 640 g/mol. The molecule has 0 N–H and O–H groups in total. The van der Waals surface area contributed by atoms with E-state index in [1.54, 1.807) is 11.0 Å². The van der Waals surface area contributed by atoms with Crippen molar-refractivity contribution in [2.45, 2.75) is 49.7 Å². The van der Waals surface area contributed by atoms with Crippen LogP contribution in [0.25, 0.3) is 32.8 Å². The molecule has 7 nitrogen and oxygen atoms in total. The van der Waals surface area contributed by atoms with Crippen molar-refractivity contribution in [1.29, 1.82) is 5.26 Å². The number of nitrogens with zero attached hydrogens (tertiary/aromatic N) is 5. The van der Waals surface area contributed by atoms with E-state index in [-0.39, 0.29) is 28.5 Å². The van der Waals surface area contributed by atoms with Crippen LogP contribution in [0, 0.1) is 17.1 Å². The van der Waals surface area contributed by atoms with Crippen molar-refractivity contribution in [3.63, 3.8) is 0 Å². The van der Waals surface area contributed by atoms with Gasteiger partial charge in [-0.2, -0.15) is 5.26 Å². The monoisotopic (exact) mass is 639 g/mol. The number of fused-ring (bicyclic) bond motifs is 4. The molecule has 4 fully saturated rings. The number of carbonyl (C=O) groups excluding carboxylic acids is 1. The molecule has 10 heteroatoms. The third-order valence-electron chi connectivity index (χ3n) is 10.6. The normalized spacial score (nSPS) is 21.7. The average Bonchev–Trinajstić information content (AvgIpc) is 3.73. The molecule has 0 saturated carbocycles. The van der Waals surface area contributed by atoms with Crippen LogP contribution < -0.4 is 9.64 Å². The van der Waals surface area contributed by atoms with Crippen molar-refractivity contribution < 1.29 is 18.3 Å². The number of carbonyl (C=O) groups is 1. The Balaban J connectivity index is 1.25. The first kappa shape index (κ1) is 29.2. The molecular weight excluding hydrogens is 608 g/mol. The molecule has 4 aromatic rings. The van der Waals surface area contributed by atoms with Gasteiger partial charge in [0.25, 0.3) is 5.91 Å². The van der Waals surface area contributed by atoms with Gasteiger partial charge in [-0.3, -0.25) is 9.69 Å². The SMILES string of the molecule is C=C(F)C(=O)N1CCC2C1CN2c1c(C#N)c(OCC23CCCN2CCC3)nc2cc(-c3cccc4ccc(F)c(Cl)c34)ccc12. The zero-order chi connectivity index (χ0) is 31.7. The minimum atomic E-state index is -0.963. The maximum Gasteiger partial charge on any atom is 0.282 e. The van der Waals surface area contributed by atoms with E-state index in [1.165, 1.54) is 6.07 Å². The van der Waals surface area contributed by atoms with Crippen LogP contribution in [0.5, 0.6) is 5.88 Å². The Bertz CT molecular complexity index is 1980. The highest BCUT2D eigenvalue weighted by molar-refractivity contribution is 6.37. The summed E-state index contributed by atoms with van der Waals surface area (Å²) in [6, 6.07) is 16.8. The second-order valence-corrected chi connectivity index (χ2v) is 13.3. The van der Waals surface area contributed by atoms with Gasteiger partial charge in [0.15, 0.2) is 5.83 Å². The molecule has 5 heterocycles. The fourth-order valence-electron chi connectivity index (χ4n) is 8.40. The molecule has 4 aliphatic rings. The highest BCUT2D eigenvalue weighted by Gasteiger charge is 2.50. The third-order valence-corrected chi connectivity index (χ3v) is 11.0. The molecule has 4 saturated heterocycles. The summed E-state index contributed by atoms with van der Waals surface area (Å²) in [5.74, 6) is -1.85. The number of nitriles is 1. The molecule has 0 aliphatic carbocycles. The van der Waals surface area contributed by atoms with Crippen molar-refractivity contribution in [3.8, 4) is 23.1 Å². The molecule has 0 spiro atoms. The lowest BCUT2D eigenvalue weighted by Gasteiger charge is -2.48. The Labute approximate surface area is 270 Å². The number of rotatable bonds is 6. The number of amides is 1. The zero-order valence-corrected chi connectivity index (χ0v) is 26.0. The Morgan fingerprint density at radius 1 is 1.13 bits per heavy atom. The van der Waals surface area contributed by atoms with Gasteiger partial charge in [0.2, 0.25) is 5.88 Å². The van der Waals surface area contributed by atoms with Crippen molar-refractivity contribution in [3.05, 3.63) is 77.3 Å². The van der Waals surface area contributed by atoms with Gasteiger partial charge in [0, 0.05) is 23.9 Å². The molecule has 46 heavy (non-hydrogen) atoms. The van der Waals surface area contributed by atoms with Gasteiger partial charge < -0.3 is 14.5 Å². The topological polar surface area (TPSA) is 72.7 Å². The first-order valence-electron chi connectivity index (χ1n) is 15.8. The Morgan fingerprint density at radius 2 is 1.93 bits per heavy atom. The second-order valence-electron chi connectivity index (χ2n) is 12.9. The van der Waals surface area contributed by atoms with E-state index in [1.807, 2.05) is 36.4 Å². The predicted octanol–water partition coefficient (Wildman–Crippen LogP) is 7.00. The van der Waals surface area contributed by atoms with Gasteiger partial charge in [0.05, 0.1) is 33.8 Å². The van der Waals surface area contributed by atoms with E-state index in [0.29, 0.717) is 48.3 Å². The molecule has 2 unspecified atom stereocenters. The predicted molar refractivity (Wildman–Crippen MR) is 174 cm³/mol. The minimum Gasteiger partial charge on any atom is -0.475 e. The molecule has 234 valence electrons. The van der Waals surface area contributed by atoms with Crippen LogP contribution in [-0.4, -0.2) is 71.1 Å². The Morgan fingerprint density at radius 3 is 2.70 bits per heavy atom. The molecule has 0 radical (unpaired) electrons. The van der Waals surface area contributed by atoms with E-state index in [2.05, 4.69) is 22.4 Å². The molecule has 0 bridgehead atoms. The molecule has 8 rings (SSSR count). The minimum absolute atomic E-state index is 0.0436. The third kappa shape index (κ3) is 4.38. The number of anilines is 1. The van der Waals surface area contributed by atoms with Crippen molar-refractivity contribution >= 4 is 44.9 Å². The van der Waals surface area contributed by atoms with Gasteiger partial charge in [-0.1, -0.05) is 54.6 Å². The number of aromatic nitrogens is 1. The summed E-state index contributed by atoms with van der Waals surface area (Å²) in [5, 5.41) is 12.8. The Hall–Kier alpha value is -4.26. The molecule has 1 amide bonds. The molecule has 1 aromatic heterocycles. The largest absolute Gasteiger partial charge is 0.475 e. The maximum atomic E-state index is 14.6. The number of hydrogen-bond acceptors (Lipinski definition) is 6. The van der Waals surface area contributed by atoms with E-state index >= 15 is 0 Å². The van der Waals surface area contributed by atoms with Crippen LogP contribution >= 0.6 is 11.6 Å². The number of ether oxygens (including phenoxy) is 1. The van der Waals surface area contributed by atoms with Crippen LogP contribution in [-0.2, 0) is 4.79 Å². The molecule has 2 atom stereocenters. The summed E-state index contributed by atoms with van der Waals surface area (Å²) in [7, 11) is 0.